The van der Waals surface area contributed by atoms with E-state index in [0.717, 1.165) is 48.4 Å². The van der Waals surface area contributed by atoms with E-state index in [1.54, 1.807) is 24.4 Å². The molecule has 8 nitrogen and oxygen atoms in total. The van der Waals surface area contributed by atoms with Crippen LogP contribution in [-0.4, -0.2) is 36.8 Å². The molecule has 0 saturated heterocycles. The van der Waals surface area contributed by atoms with Gasteiger partial charge in [0.15, 0.2) is 9.84 Å². The van der Waals surface area contributed by atoms with Crippen molar-refractivity contribution in [2.45, 2.75) is 73.5 Å². The second-order valence-electron chi connectivity index (χ2n) is 9.19. The minimum Gasteiger partial charge on any atom is -0.446 e. The Bertz CT molecular complexity index is 1180. The van der Waals surface area contributed by atoms with Crippen LogP contribution in [-0.2, 0) is 19.4 Å². The largest absolute Gasteiger partial charge is 0.446 e. The molecule has 3 saturated carbocycles. The lowest BCUT2D eigenvalue weighted by atomic mass is 9.88. The lowest BCUT2D eigenvalue weighted by molar-refractivity contribution is -0.117. The van der Waals surface area contributed by atoms with Crippen LogP contribution >= 0.6 is 11.3 Å². The van der Waals surface area contributed by atoms with Gasteiger partial charge in [-0.15, -0.1) is 11.3 Å². The topological polar surface area (TPSA) is 128 Å². The van der Waals surface area contributed by atoms with Gasteiger partial charge in [-0.05, 0) is 63.5 Å². The molecule has 0 spiro atoms. The van der Waals surface area contributed by atoms with E-state index in [9.17, 15) is 18.0 Å². The van der Waals surface area contributed by atoms with Crippen LogP contribution < -0.4 is 11.1 Å². The van der Waals surface area contributed by atoms with Gasteiger partial charge in [0.1, 0.15) is 6.10 Å². The number of nitrogens with zero attached hydrogens (tertiary/aromatic N) is 1. The Morgan fingerprint density at radius 2 is 1.79 bits per heavy atom. The Balaban J connectivity index is 1.39. The van der Waals surface area contributed by atoms with Crippen molar-refractivity contribution in [2.24, 2.45) is 11.7 Å². The van der Waals surface area contributed by atoms with Crippen molar-refractivity contribution >= 4 is 38.9 Å². The second kappa shape index (κ2) is 8.72. The summed E-state index contributed by atoms with van der Waals surface area (Å²) in [6, 6.07) is 5.16. The Morgan fingerprint density at radius 1 is 1.06 bits per heavy atom. The molecular weight excluding hydrogens is 462 g/mol. The van der Waals surface area contributed by atoms with E-state index in [0.29, 0.717) is 24.1 Å². The summed E-state index contributed by atoms with van der Waals surface area (Å²) in [4.78, 5) is 28.9. The summed E-state index contributed by atoms with van der Waals surface area (Å²) in [5.41, 5.74) is 6.28. The zero-order valence-corrected chi connectivity index (χ0v) is 19.8. The Labute approximate surface area is 196 Å². The average Bonchev–Trinajstić information content (AvgIpc) is 3.71. The molecule has 3 aliphatic rings. The lowest BCUT2D eigenvalue weighted by Crippen LogP contribution is -2.26. The normalized spacial score (nSPS) is 23.2. The molecule has 10 heteroatoms. The van der Waals surface area contributed by atoms with Crippen LogP contribution in [0.15, 0.2) is 29.3 Å². The van der Waals surface area contributed by atoms with Crippen LogP contribution in [0.5, 0.6) is 0 Å². The molecule has 3 N–H and O–H groups in total. The number of nitrogens with one attached hydrogen (secondary N) is 1. The quantitative estimate of drug-likeness (QED) is 0.599. The van der Waals surface area contributed by atoms with Gasteiger partial charge in [-0.1, -0.05) is 6.07 Å². The summed E-state index contributed by atoms with van der Waals surface area (Å²) in [6.07, 6.45) is 7.12. The number of hydrogen-bond acceptors (Lipinski definition) is 7. The van der Waals surface area contributed by atoms with E-state index in [-0.39, 0.29) is 34.0 Å². The third-order valence-corrected chi connectivity index (χ3v) is 10.1. The summed E-state index contributed by atoms with van der Waals surface area (Å²) in [5, 5.41) is 3.48. The van der Waals surface area contributed by atoms with Crippen molar-refractivity contribution in [2.75, 3.05) is 5.32 Å². The molecule has 0 unspecified atom stereocenters. The molecule has 2 amide bonds. The van der Waals surface area contributed by atoms with Crippen molar-refractivity contribution in [1.29, 1.82) is 0 Å². The monoisotopic (exact) mass is 489 g/mol. The third kappa shape index (κ3) is 4.91. The van der Waals surface area contributed by atoms with E-state index < -0.39 is 15.9 Å². The third-order valence-electron chi connectivity index (χ3n) is 6.56. The highest BCUT2D eigenvalue weighted by Gasteiger charge is 2.39. The minimum atomic E-state index is -3.47. The summed E-state index contributed by atoms with van der Waals surface area (Å²) in [6.45, 7) is 0. The van der Waals surface area contributed by atoms with Crippen molar-refractivity contribution in [1.82, 2.24) is 4.98 Å². The van der Waals surface area contributed by atoms with Crippen LogP contribution in [0.4, 0.5) is 10.5 Å². The van der Waals surface area contributed by atoms with Gasteiger partial charge in [0.05, 0.1) is 20.0 Å². The number of aromatic nitrogens is 1. The molecule has 3 fully saturated rings. The number of nitrogens with two attached hydrogens (primary N) is 1. The zero-order valence-electron chi connectivity index (χ0n) is 18.2. The summed E-state index contributed by atoms with van der Waals surface area (Å²) in [5.74, 6) is 0.242. The van der Waals surface area contributed by atoms with Gasteiger partial charge in [-0.3, -0.25) is 4.79 Å². The maximum Gasteiger partial charge on any atom is 0.404 e. The first-order valence-corrected chi connectivity index (χ1v) is 13.8. The number of anilines is 1. The van der Waals surface area contributed by atoms with Crippen molar-refractivity contribution in [3.8, 4) is 10.4 Å². The number of hydrogen-bond donors (Lipinski definition) is 2. The van der Waals surface area contributed by atoms with Crippen molar-refractivity contribution < 1.29 is 22.7 Å². The highest BCUT2D eigenvalue weighted by atomic mass is 32.2. The van der Waals surface area contributed by atoms with Crippen molar-refractivity contribution in [3.63, 3.8) is 0 Å². The maximum atomic E-state index is 13.2. The zero-order chi connectivity index (χ0) is 23.2. The van der Waals surface area contributed by atoms with E-state index in [1.165, 1.54) is 11.3 Å². The number of primary amides is 1. The molecular formula is C23H27N3O5S2. The molecule has 0 bridgehead atoms. The number of carbonyl (C=O) groups excluding carboxylic acids is 2. The predicted octanol–water partition coefficient (Wildman–Crippen LogP) is 4.22. The first kappa shape index (κ1) is 22.3. The molecule has 1 aromatic carbocycles. The molecule has 3 aliphatic carbocycles. The number of sulfone groups is 1. The Hall–Kier alpha value is -2.46. The van der Waals surface area contributed by atoms with Gasteiger partial charge in [-0.25, -0.2) is 18.2 Å². The Kier molecular flexibility index (Phi) is 5.90. The average molecular weight is 490 g/mol. The SMILES string of the molecule is NC(=O)OC1CCC(c2ncc(-c3ccc(NC(=O)C4CC4)cc3S(=O)(=O)C3CC3)s2)CC1. The molecule has 176 valence electrons. The number of carbonyl (C=O) groups is 2. The number of rotatable bonds is 7. The first-order chi connectivity index (χ1) is 15.8. The van der Waals surface area contributed by atoms with Crippen LogP contribution in [0, 0.1) is 5.92 Å². The summed E-state index contributed by atoms with van der Waals surface area (Å²) >= 11 is 1.51. The van der Waals surface area contributed by atoms with Crippen LogP contribution in [0.25, 0.3) is 10.4 Å². The van der Waals surface area contributed by atoms with E-state index >= 15 is 0 Å². The van der Waals surface area contributed by atoms with E-state index in [1.807, 2.05) is 0 Å². The number of thiazole rings is 1. The molecule has 2 aromatic rings. The van der Waals surface area contributed by atoms with Gasteiger partial charge in [0.2, 0.25) is 5.91 Å². The highest BCUT2D eigenvalue weighted by Crippen LogP contribution is 2.43. The fourth-order valence-electron chi connectivity index (χ4n) is 4.38. The van der Waals surface area contributed by atoms with Gasteiger partial charge >= 0.3 is 6.09 Å². The van der Waals surface area contributed by atoms with Crippen molar-refractivity contribution in [3.05, 3.63) is 29.4 Å². The van der Waals surface area contributed by atoms with Gasteiger partial charge < -0.3 is 15.8 Å². The Morgan fingerprint density at radius 3 is 2.42 bits per heavy atom. The molecule has 0 atom stereocenters. The molecule has 0 radical (unpaired) electrons. The van der Waals surface area contributed by atoms with Gasteiger partial charge in [0.25, 0.3) is 0 Å². The first-order valence-electron chi connectivity index (χ1n) is 11.4. The standard InChI is InChI=1S/C23H27N3O5S2/c24-23(28)31-16-6-3-14(4-7-16)22-25-12-19(32-22)18-10-5-15(26-21(27)13-1-2-13)11-20(18)33(29,30)17-8-9-17/h5,10-14,16-17H,1-4,6-9H2,(H2,24,28)(H,26,27). The van der Waals surface area contributed by atoms with E-state index in [2.05, 4.69) is 10.3 Å². The smallest absolute Gasteiger partial charge is 0.404 e. The predicted molar refractivity (Wildman–Crippen MR) is 125 cm³/mol. The van der Waals surface area contributed by atoms with Crippen LogP contribution in [0.1, 0.15) is 62.3 Å². The fourth-order valence-corrected chi connectivity index (χ4v) is 7.46. The second-order valence-corrected chi connectivity index (χ2v) is 12.5. The molecule has 0 aliphatic heterocycles. The molecule has 1 aromatic heterocycles. The van der Waals surface area contributed by atoms with E-state index in [4.69, 9.17) is 10.5 Å². The molecule has 5 rings (SSSR count). The number of ether oxygens (including phenoxy) is 1. The fraction of sp³-hybridized carbons (Fsp3) is 0.522. The highest BCUT2D eigenvalue weighted by molar-refractivity contribution is 7.92. The molecule has 33 heavy (non-hydrogen) atoms. The summed E-state index contributed by atoms with van der Waals surface area (Å²) in [7, 11) is -3.47. The minimum absolute atomic E-state index is 0.0423. The van der Waals surface area contributed by atoms with Crippen LogP contribution in [0.3, 0.4) is 0 Å². The summed E-state index contributed by atoms with van der Waals surface area (Å²) < 4.78 is 31.6. The van der Waals surface area contributed by atoms with Gasteiger partial charge in [-0.2, -0.15) is 0 Å². The number of benzene rings is 1. The number of amides is 2. The van der Waals surface area contributed by atoms with Crippen LogP contribution in [0.2, 0.25) is 0 Å². The maximum absolute atomic E-state index is 13.2. The lowest BCUT2D eigenvalue weighted by Gasteiger charge is -2.26. The van der Waals surface area contributed by atoms with Gasteiger partial charge in [0, 0.05) is 29.3 Å². The molecule has 1 heterocycles.